The molecule has 0 aliphatic heterocycles. The van der Waals surface area contributed by atoms with E-state index in [1.807, 2.05) is 12.2 Å². The lowest BCUT2D eigenvalue weighted by molar-refractivity contribution is -0.137. The molecule has 2 atom stereocenters. The smallest absolute Gasteiger partial charge is 0.303 e. The Morgan fingerprint density at radius 3 is 2.64 bits per heavy atom. The SMILES string of the molecule is Cl.N[C@H]1C=C[C@@H](CC(=O)O)C1. The maximum atomic E-state index is 10.2. The van der Waals surface area contributed by atoms with Crippen molar-refractivity contribution >= 4 is 18.4 Å². The maximum Gasteiger partial charge on any atom is 0.303 e. The topological polar surface area (TPSA) is 63.3 Å². The standard InChI is InChI=1S/C7H11NO2.ClH/c8-6-2-1-5(3-6)4-7(9)10;/h1-2,5-6H,3-4,8H2,(H,9,10);1H/t5-,6+;/m1./s1. The van der Waals surface area contributed by atoms with Gasteiger partial charge in [-0.2, -0.15) is 0 Å². The zero-order valence-electron chi connectivity index (χ0n) is 6.06. The fourth-order valence-electron chi connectivity index (χ4n) is 1.18. The maximum absolute atomic E-state index is 10.2. The molecule has 0 heterocycles. The minimum atomic E-state index is -0.747. The minimum absolute atomic E-state index is 0. The van der Waals surface area contributed by atoms with Crippen LogP contribution in [0.4, 0.5) is 0 Å². The summed E-state index contributed by atoms with van der Waals surface area (Å²) in [6.07, 6.45) is 4.75. The van der Waals surface area contributed by atoms with Crippen LogP contribution in [0.2, 0.25) is 0 Å². The second-order valence-electron chi connectivity index (χ2n) is 2.64. The van der Waals surface area contributed by atoms with Crippen LogP contribution in [0.1, 0.15) is 12.8 Å². The van der Waals surface area contributed by atoms with Crippen molar-refractivity contribution in [1.29, 1.82) is 0 Å². The molecule has 1 rings (SSSR count). The average molecular weight is 178 g/mol. The van der Waals surface area contributed by atoms with E-state index in [-0.39, 0.29) is 30.8 Å². The highest BCUT2D eigenvalue weighted by atomic mass is 35.5. The zero-order valence-corrected chi connectivity index (χ0v) is 6.88. The molecule has 0 spiro atoms. The Bertz CT molecular complexity index is 170. The van der Waals surface area contributed by atoms with Crippen LogP contribution in [-0.2, 0) is 4.79 Å². The number of halogens is 1. The molecule has 0 unspecified atom stereocenters. The van der Waals surface area contributed by atoms with E-state index in [9.17, 15) is 4.79 Å². The van der Waals surface area contributed by atoms with Crippen LogP contribution < -0.4 is 5.73 Å². The van der Waals surface area contributed by atoms with Crippen molar-refractivity contribution < 1.29 is 9.90 Å². The molecule has 0 aromatic rings. The number of carbonyl (C=O) groups is 1. The number of carboxylic acid groups (broad SMARTS) is 1. The third-order valence-electron chi connectivity index (χ3n) is 1.64. The molecule has 0 aromatic carbocycles. The largest absolute Gasteiger partial charge is 0.481 e. The molecular weight excluding hydrogens is 166 g/mol. The quantitative estimate of drug-likeness (QED) is 0.613. The number of nitrogens with two attached hydrogens (primary N) is 1. The number of hydrogen-bond acceptors (Lipinski definition) is 2. The van der Waals surface area contributed by atoms with Gasteiger partial charge in [0.1, 0.15) is 0 Å². The van der Waals surface area contributed by atoms with Crippen molar-refractivity contribution in [3.8, 4) is 0 Å². The van der Waals surface area contributed by atoms with Gasteiger partial charge in [-0.15, -0.1) is 12.4 Å². The lowest BCUT2D eigenvalue weighted by Crippen LogP contribution is -2.16. The van der Waals surface area contributed by atoms with E-state index in [1.165, 1.54) is 0 Å². The lowest BCUT2D eigenvalue weighted by Gasteiger charge is -2.03. The van der Waals surface area contributed by atoms with Gasteiger partial charge in [0.2, 0.25) is 0 Å². The van der Waals surface area contributed by atoms with Gasteiger partial charge in [-0.1, -0.05) is 12.2 Å². The van der Waals surface area contributed by atoms with E-state index >= 15 is 0 Å². The van der Waals surface area contributed by atoms with E-state index in [4.69, 9.17) is 10.8 Å². The first-order chi connectivity index (χ1) is 4.68. The van der Waals surface area contributed by atoms with Crippen LogP contribution in [0, 0.1) is 5.92 Å². The number of aliphatic carboxylic acids is 1. The zero-order chi connectivity index (χ0) is 7.56. The number of hydrogen-bond donors (Lipinski definition) is 2. The molecule has 1 aliphatic rings. The van der Waals surface area contributed by atoms with Gasteiger partial charge in [0.05, 0.1) is 6.42 Å². The van der Waals surface area contributed by atoms with Crippen molar-refractivity contribution in [2.45, 2.75) is 18.9 Å². The summed E-state index contributed by atoms with van der Waals surface area (Å²) in [6, 6.07) is 0.0735. The summed E-state index contributed by atoms with van der Waals surface area (Å²) < 4.78 is 0. The highest BCUT2D eigenvalue weighted by molar-refractivity contribution is 5.85. The number of rotatable bonds is 2. The Morgan fingerprint density at radius 2 is 2.27 bits per heavy atom. The average Bonchev–Trinajstić information content (AvgIpc) is 2.13. The second-order valence-corrected chi connectivity index (χ2v) is 2.64. The molecule has 0 bridgehead atoms. The monoisotopic (exact) mass is 177 g/mol. The predicted octanol–water partition coefficient (Wildman–Crippen LogP) is 0.786. The first-order valence-corrected chi connectivity index (χ1v) is 3.34. The summed E-state index contributed by atoms with van der Waals surface area (Å²) in [5.74, 6) is -0.587. The highest BCUT2D eigenvalue weighted by Gasteiger charge is 2.17. The van der Waals surface area contributed by atoms with Crippen molar-refractivity contribution in [2.75, 3.05) is 0 Å². The van der Waals surface area contributed by atoms with Crippen molar-refractivity contribution in [3.05, 3.63) is 12.2 Å². The van der Waals surface area contributed by atoms with Gasteiger partial charge in [0.25, 0.3) is 0 Å². The fraction of sp³-hybridized carbons (Fsp3) is 0.571. The first kappa shape index (κ1) is 10.5. The molecule has 3 N–H and O–H groups in total. The summed E-state index contributed by atoms with van der Waals surface area (Å²) in [4.78, 5) is 10.2. The normalized spacial score (nSPS) is 28.1. The van der Waals surface area contributed by atoms with Gasteiger partial charge in [-0.05, 0) is 12.3 Å². The van der Waals surface area contributed by atoms with E-state index in [1.54, 1.807) is 0 Å². The molecule has 3 nitrogen and oxygen atoms in total. The Hall–Kier alpha value is -0.540. The van der Waals surface area contributed by atoms with Crippen LogP contribution in [-0.4, -0.2) is 17.1 Å². The Kier molecular flexibility index (Phi) is 4.15. The molecule has 11 heavy (non-hydrogen) atoms. The van der Waals surface area contributed by atoms with Gasteiger partial charge in [-0.25, -0.2) is 0 Å². The molecule has 0 saturated heterocycles. The lowest BCUT2D eigenvalue weighted by atomic mass is 10.0. The van der Waals surface area contributed by atoms with Gasteiger partial charge in [0, 0.05) is 6.04 Å². The van der Waals surface area contributed by atoms with Crippen LogP contribution in [0.5, 0.6) is 0 Å². The summed E-state index contributed by atoms with van der Waals surface area (Å²) in [5.41, 5.74) is 5.52. The predicted molar refractivity (Wildman–Crippen MR) is 44.7 cm³/mol. The minimum Gasteiger partial charge on any atom is -0.481 e. The van der Waals surface area contributed by atoms with Crippen molar-refractivity contribution in [2.24, 2.45) is 11.7 Å². The number of allylic oxidation sites excluding steroid dienone is 1. The third-order valence-corrected chi connectivity index (χ3v) is 1.64. The molecule has 0 radical (unpaired) electrons. The van der Waals surface area contributed by atoms with Gasteiger partial charge in [-0.3, -0.25) is 4.79 Å². The molecule has 0 fully saturated rings. The van der Waals surface area contributed by atoms with Gasteiger partial charge < -0.3 is 10.8 Å². The van der Waals surface area contributed by atoms with Gasteiger partial charge in [0.15, 0.2) is 0 Å². The fourth-order valence-corrected chi connectivity index (χ4v) is 1.18. The molecule has 64 valence electrons. The van der Waals surface area contributed by atoms with Crippen LogP contribution in [0.3, 0.4) is 0 Å². The molecular formula is C7H12ClNO2. The van der Waals surface area contributed by atoms with Gasteiger partial charge >= 0.3 is 5.97 Å². The van der Waals surface area contributed by atoms with E-state index in [0.717, 1.165) is 6.42 Å². The van der Waals surface area contributed by atoms with Crippen LogP contribution in [0.25, 0.3) is 0 Å². The van der Waals surface area contributed by atoms with E-state index in [0.29, 0.717) is 0 Å². The first-order valence-electron chi connectivity index (χ1n) is 3.34. The summed E-state index contributed by atoms with van der Waals surface area (Å²) in [5, 5.41) is 8.39. The van der Waals surface area contributed by atoms with Crippen molar-refractivity contribution in [3.63, 3.8) is 0 Å². The Balaban J connectivity index is 0.000001000. The summed E-state index contributed by atoms with van der Waals surface area (Å²) in [7, 11) is 0. The summed E-state index contributed by atoms with van der Waals surface area (Å²) in [6.45, 7) is 0. The summed E-state index contributed by atoms with van der Waals surface area (Å²) >= 11 is 0. The highest BCUT2D eigenvalue weighted by Crippen LogP contribution is 2.19. The molecule has 0 amide bonds. The van der Waals surface area contributed by atoms with Crippen molar-refractivity contribution in [1.82, 2.24) is 0 Å². The van der Waals surface area contributed by atoms with Crippen LogP contribution >= 0.6 is 12.4 Å². The number of carboxylic acids is 1. The molecule has 0 aromatic heterocycles. The van der Waals surface area contributed by atoms with Crippen LogP contribution in [0.15, 0.2) is 12.2 Å². The van der Waals surface area contributed by atoms with E-state index < -0.39 is 5.97 Å². The molecule has 1 aliphatic carbocycles. The molecule has 0 saturated carbocycles. The Morgan fingerprint density at radius 1 is 1.64 bits per heavy atom. The Labute approximate surface area is 71.7 Å². The van der Waals surface area contributed by atoms with E-state index in [2.05, 4.69) is 0 Å². The molecule has 4 heteroatoms. The third kappa shape index (κ3) is 3.39. The second kappa shape index (κ2) is 4.36.